The van der Waals surface area contributed by atoms with E-state index in [1.807, 2.05) is 24.3 Å². The lowest BCUT2D eigenvalue weighted by atomic mass is 10.1. The second-order valence-corrected chi connectivity index (χ2v) is 7.26. The van der Waals surface area contributed by atoms with Crippen LogP contribution in [-0.2, 0) is 4.79 Å². The molecule has 0 radical (unpaired) electrons. The van der Waals surface area contributed by atoms with Crippen molar-refractivity contribution in [3.8, 4) is 0 Å². The van der Waals surface area contributed by atoms with Crippen LogP contribution < -0.4 is 4.90 Å². The van der Waals surface area contributed by atoms with Crippen molar-refractivity contribution in [2.45, 2.75) is 26.2 Å². The fourth-order valence-corrected chi connectivity index (χ4v) is 3.96. The van der Waals surface area contributed by atoms with Crippen LogP contribution in [0.15, 0.2) is 24.3 Å². The highest BCUT2D eigenvalue weighted by Crippen LogP contribution is 2.28. The van der Waals surface area contributed by atoms with Gasteiger partial charge in [0.25, 0.3) is 5.91 Å². The number of piperidine rings is 1. The van der Waals surface area contributed by atoms with E-state index in [1.54, 1.807) is 16.7 Å². The van der Waals surface area contributed by atoms with Crippen LogP contribution in [0.3, 0.4) is 0 Å². The van der Waals surface area contributed by atoms with Crippen LogP contribution in [0.25, 0.3) is 10.8 Å². The summed E-state index contributed by atoms with van der Waals surface area (Å²) in [4.78, 5) is 30.4. The van der Waals surface area contributed by atoms with Crippen LogP contribution in [-0.4, -0.2) is 71.1 Å². The summed E-state index contributed by atoms with van der Waals surface area (Å²) in [6.07, 6.45) is 3.58. The first-order chi connectivity index (χ1) is 13.1. The zero-order valence-corrected chi connectivity index (χ0v) is 15.7. The van der Waals surface area contributed by atoms with Crippen LogP contribution in [0.2, 0.25) is 0 Å². The summed E-state index contributed by atoms with van der Waals surface area (Å²) in [5, 5.41) is 10.6. The maximum Gasteiger partial charge on any atom is 0.275 e. The number of amides is 2. The number of carbonyl (C=O) groups excluding carboxylic acids is 2. The normalized spacial score (nSPS) is 18.0. The second kappa shape index (κ2) is 7.50. The molecule has 0 N–H and O–H groups in total. The highest BCUT2D eigenvalue weighted by atomic mass is 16.2. The van der Waals surface area contributed by atoms with Gasteiger partial charge in [0.05, 0.1) is 0 Å². The Morgan fingerprint density at radius 3 is 2.11 bits per heavy atom. The van der Waals surface area contributed by atoms with Crippen LogP contribution in [0.1, 0.15) is 36.7 Å². The lowest BCUT2D eigenvalue weighted by molar-refractivity contribution is -0.130. The summed E-state index contributed by atoms with van der Waals surface area (Å²) >= 11 is 0. The average Bonchev–Trinajstić information content (AvgIpc) is 2.73. The summed E-state index contributed by atoms with van der Waals surface area (Å²) < 4.78 is 0. The largest absolute Gasteiger partial charge is 0.355 e. The molecule has 0 bridgehead atoms. The number of fused-ring (bicyclic) bond motifs is 1. The molecule has 2 amide bonds. The zero-order chi connectivity index (χ0) is 18.8. The zero-order valence-electron chi connectivity index (χ0n) is 15.7. The van der Waals surface area contributed by atoms with Crippen molar-refractivity contribution in [3.63, 3.8) is 0 Å². The maximum absolute atomic E-state index is 13.1. The van der Waals surface area contributed by atoms with Gasteiger partial charge in [-0.1, -0.05) is 24.3 Å². The third kappa shape index (κ3) is 3.46. The summed E-state index contributed by atoms with van der Waals surface area (Å²) in [5.74, 6) is 0.827. The molecule has 0 unspecified atom stereocenters. The first kappa shape index (κ1) is 17.7. The first-order valence-corrected chi connectivity index (χ1v) is 9.70. The highest BCUT2D eigenvalue weighted by molar-refractivity contribution is 6.07. The van der Waals surface area contributed by atoms with Crippen molar-refractivity contribution in [1.82, 2.24) is 20.0 Å². The fourth-order valence-electron chi connectivity index (χ4n) is 3.96. The molecule has 2 fully saturated rings. The third-order valence-electron chi connectivity index (χ3n) is 5.54. The van der Waals surface area contributed by atoms with E-state index in [9.17, 15) is 9.59 Å². The van der Waals surface area contributed by atoms with Gasteiger partial charge in [-0.05, 0) is 19.3 Å². The number of hydrogen-bond acceptors (Lipinski definition) is 5. The van der Waals surface area contributed by atoms with Crippen molar-refractivity contribution in [2.75, 3.05) is 44.2 Å². The standard InChI is InChI=1S/C20H25N5O2/c1-15(26)23-11-13-25(14-12-23)20(27)18-16-7-3-4-8-17(16)19(22-21-18)24-9-5-2-6-10-24/h3-4,7-8H,2,5-6,9-14H2,1H3. The van der Waals surface area contributed by atoms with Crippen molar-refractivity contribution in [1.29, 1.82) is 0 Å². The summed E-state index contributed by atoms with van der Waals surface area (Å²) in [5.41, 5.74) is 0.405. The van der Waals surface area contributed by atoms with Gasteiger partial charge in [0.1, 0.15) is 0 Å². The van der Waals surface area contributed by atoms with Crippen molar-refractivity contribution in [3.05, 3.63) is 30.0 Å². The average molecular weight is 367 g/mol. The minimum absolute atomic E-state index is 0.0539. The molecule has 142 valence electrons. The smallest absolute Gasteiger partial charge is 0.275 e. The predicted octanol–water partition coefficient (Wildman–Crippen LogP) is 1.92. The van der Waals surface area contributed by atoms with Gasteiger partial charge in [0.15, 0.2) is 11.5 Å². The predicted molar refractivity (Wildman–Crippen MR) is 104 cm³/mol. The molecule has 0 spiro atoms. The van der Waals surface area contributed by atoms with Crippen LogP contribution in [0, 0.1) is 0 Å². The molecule has 1 aromatic heterocycles. The van der Waals surface area contributed by atoms with Gasteiger partial charge in [-0.2, -0.15) is 0 Å². The number of anilines is 1. The molecule has 27 heavy (non-hydrogen) atoms. The Kier molecular flexibility index (Phi) is 4.92. The number of rotatable bonds is 2. The SMILES string of the molecule is CC(=O)N1CCN(C(=O)c2nnc(N3CCCCC3)c3ccccc23)CC1. The van der Waals surface area contributed by atoms with E-state index >= 15 is 0 Å². The topological polar surface area (TPSA) is 69.6 Å². The fraction of sp³-hybridized carbons (Fsp3) is 0.500. The molecule has 2 aliphatic heterocycles. The molecule has 7 nitrogen and oxygen atoms in total. The molecule has 0 aliphatic carbocycles. The Hall–Kier alpha value is -2.70. The first-order valence-electron chi connectivity index (χ1n) is 9.70. The number of aromatic nitrogens is 2. The number of nitrogens with zero attached hydrogens (tertiary/aromatic N) is 5. The van der Waals surface area contributed by atoms with Gasteiger partial charge < -0.3 is 14.7 Å². The molecule has 2 aliphatic rings. The van der Waals surface area contributed by atoms with Gasteiger partial charge in [-0.25, -0.2) is 0 Å². The number of hydrogen-bond donors (Lipinski definition) is 0. The van der Waals surface area contributed by atoms with E-state index in [-0.39, 0.29) is 11.8 Å². The minimum atomic E-state index is -0.105. The summed E-state index contributed by atoms with van der Waals surface area (Å²) in [7, 11) is 0. The second-order valence-electron chi connectivity index (χ2n) is 7.26. The Balaban J connectivity index is 1.63. The lowest BCUT2D eigenvalue weighted by Gasteiger charge is -2.34. The van der Waals surface area contributed by atoms with E-state index in [0.29, 0.717) is 31.9 Å². The summed E-state index contributed by atoms with van der Waals surface area (Å²) in [6, 6.07) is 7.90. The molecule has 2 saturated heterocycles. The number of benzene rings is 1. The van der Waals surface area contributed by atoms with Gasteiger partial charge in [-0.3, -0.25) is 9.59 Å². The Labute approximate surface area is 158 Å². The molecule has 4 rings (SSSR count). The maximum atomic E-state index is 13.1. The quantitative estimate of drug-likeness (QED) is 0.811. The van der Waals surface area contributed by atoms with Gasteiger partial charge in [0, 0.05) is 57.0 Å². The van der Waals surface area contributed by atoms with Crippen LogP contribution in [0.5, 0.6) is 0 Å². The Morgan fingerprint density at radius 1 is 0.815 bits per heavy atom. The molecule has 1 aromatic carbocycles. The Bertz CT molecular complexity index is 855. The highest BCUT2D eigenvalue weighted by Gasteiger charge is 2.27. The number of piperazine rings is 1. The van der Waals surface area contributed by atoms with E-state index in [2.05, 4.69) is 15.1 Å². The molecule has 2 aromatic rings. The van der Waals surface area contributed by atoms with Crippen molar-refractivity contribution < 1.29 is 9.59 Å². The number of carbonyl (C=O) groups is 2. The van der Waals surface area contributed by atoms with Crippen molar-refractivity contribution in [2.24, 2.45) is 0 Å². The van der Waals surface area contributed by atoms with Crippen LogP contribution >= 0.6 is 0 Å². The summed E-state index contributed by atoms with van der Waals surface area (Å²) in [6.45, 7) is 5.73. The minimum Gasteiger partial charge on any atom is -0.355 e. The molecular formula is C20H25N5O2. The molecule has 3 heterocycles. The van der Waals surface area contributed by atoms with Gasteiger partial charge in [-0.15, -0.1) is 10.2 Å². The molecular weight excluding hydrogens is 342 g/mol. The van der Waals surface area contributed by atoms with Crippen molar-refractivity contribution >= 4 is 28.4 Å². The monoisotopic (exact) mass is 367 g/mol. The van der Waals surface area contributed by atoms with Gasteiger partial charge >= 0.3 is 0 Å². The van der Waals surface area contributed by atoms with E-state index in [1.165, 1.54) is 6.42 Å². The lowest BCUT2D eigenvalue weighted by Crippen LogP contribution is -2.50. The molecule has 7 heteroatoms. The van der Waals surface area contributed by atoms with E-state index in [4.69, 9.17) is 0 Å². The van der Waals surface area contributed by atoms with E-state index < -0.39 is 0 Å². The third-order valence-corrected chi connectivity index (χ3v) is 5.54. The Morgan fingerprint density at radius 2 is 1.44 bits per heavy atom. The van der Waals surface area contributed by atoms with Gasteiger partial charge in [0.2, 0.25) is 5.91 Å². The molecule has 0 atom stereocenters. The van der Waals surface area contributed by atoms with Crippen LogP contribution in [0.4, 0.5) is 5.82 Å². The van der Waals surface area contributed by atoms with E-state index in [0.717, 1.165) is 42.5 Å². The molecule has 0 saturated carbocycles.